The number of hydrogen-bond donors (Lipinski definition) is 1. The lowest BCUT2D eigenvalue weighted by Gasteiger charge is -2.26. The fourth-order valence-electron chi connectivity index (χ4n) is 2.03. The van der Waals surface area contributed by atoms with Gasteiger partial charge in [-0.05, 0) is 31.5 Å². The highest BCUT2D eigenvalue weighted by molar-refractivity contribution is 5.37. The van der Waals surface area contributed by atoms with Crippen LogP contribution in [0.15, 0.2) is 48.7 Å². The van der Waals surface area contributed by atoms with Crippen LogP contribution >= 0.6 is 0 Å². The molecule has 0 spiro atoms. The van der Waals surface area contributed by atoms with E-state index in [2.05, 4.69) is 48.0 Å². The van der Waals surface area contributed by atoms with Crippen molar-refractivity contribution in [1.29, 1.82) is 0 Å². The van der Waals surface area contributed by atoms with Gasteiger partial charge in [-0.25, -0.2) is 0 Å². The minimum absolute atomic E-state index is 0.462. The average molecular weight is 255 g/mol. The van der Waals surface area contributed by atoms with Crippen LogP contribution in [-0.2, 0) is 13.1 Å². The predicted molar refractivity (Wildman–Crippen MR) is 79.5 cm³/mol. The molecule has 0 unspecified atom stereocenters. The first-order valence-corrected chi connectivity index (χ1v) is 6.63. The number of nitrogens with two attached hydrogens (primary N) is 1. The molecule has 3 nitrogen and oxygen atoms in total. The second-order valence-electron chi connectivity index (χ2n) is 5.06. The van der Waals surface area contributed by atoms with Crippen molar-refractivity contribution < 1.29 is 0 Å². The van der Waals surface area contributed by atoms with Crippen LogP contribution in [0.3, 0.4) is 0 Å². The van der Waals surface area contributed by atoms with Crippen molar-refractivity contribution in [3.05, 3.63) is 59.9 Å². The Labute approximate surface area is 115 Å². The molecule has 1 aromatic heterocycles. The lowest BCUT2D eigenvalue weighted by atomic mass is 10.1. The molecule has 0 saturated heterocycles. The fourth-order valence-corrected chi connectivity index (χ4v) is 2.03. The predicted octanol–water partition coefficient (Wildman–Crippen LogP) is 3.07. The van der Waals surface area contributed by atoms with E-state index in [1.165, 1.54) is 5.56 Å². The highest BCUT2D eigenvalue weighted by Crippen LogP contribution is 2.13. The SMILES string of the molecule is CC(C)N(Cc1ccccc1)Cc1cc(N)ccn1. The maximum Gasteiger partial charge on any atom is 0.0564 e. The van der Waals surface area contributed by atoms with E-state index in [1.54, 1.807) is 6.20 Å². The maximum absolute atomic E-state index is 5.80. The van der Waals surface area contributed by atoms with E-state index in [0.717, 1.165) is 24.5 Å². The lowest BCUT2D eigenvalue weighted by Crippen LogP contribution is -2.30. The summed E-state index contributed by atoms with van der Waals surface area (Å²) in [5.41, 5.74) is 8.91. The van der Waals surface area contributed by atoms with Crippen LogP contribution in [0.2, 0.25) is 0 Å². The number of nitrogen functional groups attached to an aromatic ring is 1. The molecule has 0 aliphatic carbocycles. The van der Waals surface area contributed by atoms with E-state index in [0.29, 0.717) is 6.04 Å². The summed E-state index contributed by atoms with van der Waals surface area (Å²) >= 11 is 0. The molecule has 0 aliphatic rings. The number of benzene rings is 1. The highest BCUT2D eigenvalue weighted by atomic mass is 15.1. The Bertz CT molecular complexity index is 508. The molecule has 2 N–H and O–H groups in total. The van der Waals surface area contributed by atoms with Gasteiger partial charge in [-0.2, -0.15) is 0 Å². The molecule has 100 valence electrons. The molecule has 0 radical (unpaired) electrons. The van der Waals surface area contributed by atoms with E-state index < -0.39 is 0 Å². The molecule has 0 bridgehead atoms. The van der Waals surface area contributed by atoms with E-state index >= 15 is 0 Å². The summed E-state index contributed by atoms with van der Waals surface area (Å²) in [6.45, 7) is 6.15. The zero-order valence-corrected chi connectivity index (χ0v) is 11.6. The highest BCUT2D eigenvalue weighted by Gasteiger charge is 2.11. The summed E-state index contributed by atoms with van der Waals surface area (Å²) in [7, 11) is 0. The molecule has 0 amide bonds. The van der Waals surface area contributed by atoms with E-state index in [1.807, 2.05) is 18.2 Å². The van der Waals surface area contributed by atoms with Gasteiger partial charge in [0.05, 0.1) is 5.69 Å². The van der Waals surface area contributed by atoms with Crippen LogP contribution < -0.4 is 5.73 Å². The number of aromatic nitrogens is 1. The molecular weight excluding hydrogens is 234 g/mol. The molecular formula is C16H21N3. The monoisotopic (exact) mass is 255 g/mol. The third-order valence-corrected chi connectivity index (χ3v) is 3.16. The lowest BCUT2D eigenvalue weighted by molar-refractivity contribution is 0.201. The summed E-state index contributed by atoms with van der Waals surface area (Å²) < 4.78 is 0. The fraction of sp³-hybridized carbons (Fsp3) is 0.312. The second-order valence-corrected chi connectivity index (χ2v) is 5.06. The largest absolute Gasteiger partial charge is 0.399 e. The number of pyridine rings is 1. The van der Waals surface area contributed by atoms with Crippen molar-refractivity contribution in [2.75, 3.05) is 5.73 Å². The summed E-state index contributed by atoms with van der Waals surface area (Å²) in [6, 6.07) is 14.7. The van der Waals surface area contributed by atoms with Crippen molar-refractivity contribution in [2.45, 2.75) is 33.0 Å². The Morgan fingerprint density at radius 3 is 2.47 bits per heavy atom. The van der Waals surface area contributed by atoms with Crippen molar-refractivity contribution in [3.63, 3.8) is 0 Å². The Morgan fingerprint density at radius 1 is 1.11 bits per heavy atom. The smallest absolute Gasteiger partial charge is 0.0564 e. The van der Waals surface area contributed by atoms with Crippen molar-refractivity contribution in [1.82, 2.24) is 9.88 Å². The number of rotatable bonds is 5. The van der Waals surface area contributed by atoms with E-state index in [4.69, 9.17) is 5.73 Å². The quantitative estimate of drug-likeness (QED) is 0.892. The van der Waals surface area contributed by atoms with Crippen molar-refractivity contribution >= 4 is 5.69 Å². The summed E-state index contributed by atoms with van der Waals surface area (Å²) in [4.78, 5) is 6.77. The Hall–Kier alpha value is -1.87. The van der Waals surface area contributed by atoms with Crippen molar-refractivity contribution in [3.8, 4) is 0 Å². The molecule has 1 heterocycles. The van der Waals surface area contributed by atoms with Gasteiger partial charge in [0.25, 0.3) is 0 Å². The molecule has 0 aliphatic heterocycles. The Balaban J connectivity index is 2.08. The van der Waals surface area contributed by atoms with Gasteiger partial charge in [0.2, 0.25) is 0 Å². The van der Waals surface area contributed by atoms with Gasteiger partial charge in [-0.3, -0.25) is 9.88 Å². The van der Waals surface area contributed by atoms with Crippen LogP contribution in [0.25, 0.3) is 0 Å². The van der Waals surface area contributed by atoms with Gasteiger partial charge >= 0.3 is 0 Å². The molecule has 1 aromatic carbocycles. The third-order valence-electron chi connectivity index (χ3n) is 3.16. The first kappa shape index (κ1) is 13.6. The van der Waals surface area contributed by atoms with Crippen LogP contribution in [-0.4, -0.2) is 15.9 Å². The summed E-state index contributed by atoms with van der Waals surface area (Å²) in [6.07, 6.45) is 1.77. The molecule has 19 heavy (non-hydrogen) atoms. The van der Waals surface area contributed by atoms with Crippen LogP contribution in [0.5, 0.6) is 0 Å². The molecule has 0 saturated carbocycles. The standard InChI is InChI=1S/C16H21N3/c1-13(2)19(11-14-6-4-3-5-7-14)12-16-10-15(17)8-9-18-16/h3-10,13H,11-12H2,1-2H3,(H2,17,18). The normalized spacial score (nSPS) is 11.2. The van der Waals surface area contributed by atoms with Crippen molar-refractivity contribution in [2.24, 2.45) is 0 Å². The number of nitrogens with zero attached hydrogens (tertiary/aromatic N) is 2. The Morgan fingerprint density at radius 2 is 1.84 bits per heavy atom. The first-order valence-electron chi connectivity index (χ1n) is 6.63. The molecule has 2 aromatic rings. The summed E-state index contributed by atoms with van der Waals surface area (Å²) in [5, 5.41) is 0. The van der Waals surface area contributed by atoms with Gasteiger partial charge in [-0.15, -0.1) is 0 Å². The third kappa shape index (κ3) is 4.07. The van der Waals surface area contributed by atoms with Crippen LogP contribution in [0.4, 0.5) is 5.69 Å². The summed E-state index contributed by atoms with van der Waals surface area (Å²) in [5.74, 6) is 0. The van der Waals surface area contributed by atoms with Gasteiger partial charge in [0.15, 0.2) is 0 Å². The van der Waals surface area contributed by atoms with Gasteiger partial charge in [0.1, 0.15) is 0 Å². The average Bonchev–Trinajstić information content (AvgIpc) is 2.39. The molecule has 3 heteroatoms. The van der Waals surface area contributed by atoms with Crippen LogP contribution in [0.1, 0.15) is 25.1 Å². The number of hydrogen-bond acceptors (Lipinski definition) is 3. The zero-order valence-electron chi connectivity index (χ0n) is 11.6. The van der Waals surface area contributed by atoms with E-state index in [9.17, 15) is 0 Å². The first-order chi connectivity index (χ1) is 9.15. The minimum Gasteiger partial charge on any atom is -0.399 e. The van der Waals surface area contributed by atoms with E-state index in [-0.39, 0.29) is 0 Å². The topological polar surface area (TPSA) is 42.1 Å². The zero-order chi connectivity index (χ0) is 13.7. The van der Waals surface area contributed by atoms with Gasteiger partial charge < -0.3 is 5.73 Å². The Kier molecular flexibility index (Phi) is 4.53. The molecule has 0 fully saturated rings. The van der Waals surface area contributed by atoms with Gasteiger partial charge in [0, 0.05) is 31.0 Å². The molecule has 0 atom stereocenters. The minimum atomic E-state index is 0.462. The van der Waals surface area contributed by atoms with Crippen LogP contribution in [0, 0.1) is 0 Å². The maximum atomic E-state index is 5.80. The molecule has 2 rings (SSSR count). The number of anilines is 1. The second kappa shape index (κ2) is 6.34. The van der Waals surface area contributed by atoms with Gasteiger partial charge in [-0.1, -0.05) is 30.3 Å².